The van der Waals surface area contributed by atoms with Crippen LogP contribution in [0.1, 0.15) is 5.76 Å². The molecule has 132 valence electrons. The molecule has 0 aliphatic rings. The summed E-state index contributed by atoms with van der Waals surface area (Å²) < 4.78 is 10.3. The minimum absolute atomic E-state index is 0.176. The fourth-order valence-corrected chi connectivity index (χ4v) is 3.04. The first-order chi connectivity index (χ1) is 12.6. The maximum absolute atomic E-state index is 11.8. The van der Waals surface area contributed by atoms with E-state index in [2.05, 4.69) is 15.6 Å². The average molecular weight is 385 g/mol. The molecule has 2 heterocycles. The average Bonchev–Trinajstić information content (AvgIpc) is 3.32. The number of hydrogen-bond acceptors (Lipinski definition) is 6. The molecule has 0 atom stereocenters. The normalized spacial score (nSPS) is 10.7. The lowest BCUT2D eigenvalue weighted by Crippen LogP contribution is -2.32. The Bertz CT molecular complexity index is 916. The van der Waals surface area contributed by atoms with Crippen molar-refractivity contribution in [2.45, 2.75) is 0 Å². The fourth-order valence-electron chi connectivity index (χ4n) is 2.05. The number of ether oxygens (including phenoxy) is 1. The van der Waals surface area contributed by atoms with Gasteiger partial charge in [-0.2, -0.15) is 0 Å². The van der Waals surface area contributed by atoms with E-state index in [1.807, 2.05) is 29.6 Å². The van der Waals surface area contributed by atoms with Gasteiger partial charge in [-0.25, -0.2) is 4.98 Å². The number of thiocarbonyl (C=S) groups is 1. The van der Waals surface area contributed by atoms with E-state index < -0.39 is 0 Å². The van der Waals surface area contributed by atoms with E-state index in [-0.39, 0.29) is 11.0 Å². The third-order valence-electron chi connectivity index (χ3n) is 3.29. The number of furan rings is 1. The predicted molar refractivity (Wildman–Crippen MR) is 106 cm³/mol. The number of anilines is 1. The van der Waals surface area contributed by atoms with Crippen molar-refractivity contribution in [1.29, 1.82) is 0 Å². The van der Waals surface area contributed by atoms with Crippen LogP contribution in [0.5, 0.6) is 5.75 Å². The second kappa shape index (κ2) is 8.41. The molecule has 1 amide bonds. The third kappa shape index (κ3) is 4.78. The summed E-state index contributed by atoms with van der Waals surface area (Å²) in [5.41, 5.74) is 1.78. The molecule has 3 rings (SSSR count). The minimum atomic E-state index is -0.356. The molecular formula is C18H15N3O3S2. The van der Waals surface area contributed by atoms with E-state index in [0.717, 1.165) is 17.0 Å². The summed E-state index contributed by atoms with van der Waals surface area (Å²) in [6.07, 6.45) is 4.44. The topological polar surface area (TPSA) is 76.4 Å². The highest BCUT2D eigenvalue weighted by Gasteiger charge is 2.07. The molecule has 26 heavy (non-hydrogen) atoms. The molecule has 0 radical (unpaired) electrons. The Labute approximate surface area is 159 Å². The van der Waals surface area contributed by atoms with E-state index in [1.165, 1.54) is 23.7 Å². The summed E-state index contributed by atoms with van der Waals surface area (Å²) >= 11 is 6.53. The van der Waals surface area contributed by atoms with E-state index in [0.29, 0.717) is 10.9 Å². The van der Waals surface area contributed by atoms with Crippen LogP contribution in [0.15, 0.2) is 58.5 Å². The van der Waals surface area contributed by atoms with Gasteiger partial charge in [-0.15, -0.1) is 11.3 Å². The molecule has 0 saturated carbocycles. The largest absolute Gasteiger partial charge is 0.497 e. The Morgan fingerprint density at radius 2 is 2.12 bits per heavy atom. The smallest absolute Gasteiger partial charge is 0.250 e. The van der Waals surface area contributed by atoms with Crippen molar-refractivity contribution in [3.8, 4) is 17.0 Å². The standard InChI is InChI=1S/C18H15N3O3S2/c1-23-13-6-4-12(5-7-13)15-11-26-18(19-15)21-17(25)20-16(22)9-8-14-3-2-10-24-14/h2-11H,1H3,(H2,19,20,21,22,25). The van der Waals surface area contributed by atoms with Crippen LogP contribution >= 0.6 is 23.6 Å². The van der Waals surface area contributed by atoms with Crippen LogP contribution in [0.2, 0.25) is 0 Å². The van der Waals surface area contributed by atoms with E-state index >= 15 is 0 Å². The van der Waals surface area contributed by atoms with Crippen LogP contribution in [0, 0.1) is 0 Å². The van der Waals surface area contributed by atoms with Crippen LogP contribution in [-0.4, -0.2) is 23.1 Å². The molecule has 1 aromatic carbocycles. The molecular weight excluding hydrogens is 370 g/mol. The number of methoxy groups -OCH3 is 1. The number of thiazole rings is 1. The van der Waals surface area contributed by atoms with Gasteiger partial charge in [0.25, 0.3) is 0 Å². The summed E-state index contributed by atoms with van der Waals surface area (Å²) in [6.45, 7) is 0. The third-order valence-corrected chi connectivity index (χ3v) is 4.25. The molecule has 0 saturated heterocycles. The molecule has 8 heteroatoms. The van der Waals surface area contributed by atoms with Crippen LogP contribution in [-0.2, 0) is 4.79 Å². The summed E-state index contributed by atoms with van der Waals surface area (Å²) in [5.74, 6) is 1.02. The Morgan fingerprint density at radius 3 is 2.81 bits per heavy atom. The Morgan fingerprint density at radius 1 is 1.31 bits per heavy atom. The number of amides is 1. The molecule has 0 unspecified atom stereocenters. The minimum Gasteiger partial charge on any atom is -0.497 e. The second-order valence-corrected chi connectivity index (χ2v) is 6.32. The van der Waals surface area contributed by atoms with Gasteiger partial charge >= 0.3 is 0 Å². The molecule has 0 aliphatic heterocycles. The van der Waals surface area contributed by atoms with Gasteiger partial charge < -0.3 is 14.5 Å². The molecule has 0 aliphatic carbocycles. The van der Waals surface area contributed by atoms with Crippen molar-refractivity contribution in [2.75, 3.05) is 12.4 Å². The first-order valence-electron chi connectivity index (χ1n) is 7.57. The maximum atomic E-state index is 11.8. The number of carbonyl (C=O) groups is 1. The lowest BCUT2D eigenvalue weighted by Gasteiger charge is -2.04. The van der Waals surface area contributed by atoms with Gasteiger partial charge in [-0.3, -0.25) is 10.1 Å². The Kier molecular flexibility index (Phi) is 5.77. The lowest BCUT2D eigenvalue weighted by atomic mass is 10.2. The lowest BCUT2D eigenvalue weighted by molar-refractivity contribution is -0.115. The summed E-state index contributed by atoms with van der Waals surface area (Å²) in [6, 6.07) is 11.1. The second-order valence-electron chi connectivity index (χ2n) is 5.06. The molecule has 0 fully saturated rings. The highest BCUT2D eigenvalue weighted by Crippen LogP contribution is 2.26. The highest BCUT2D eigenvalue weighted by atomic mass is 32.1. The Hall–Kier alpha value is -2.97. The number of nitrogens with one attached hydrogen (secondary N) is 2. The van der Waals surface area contributed by atoms with E-state index in [9.17, 15) is 4.79 Å². The monoisotopic (exact) mass is 385 g/mol. The van der Waals surface area contributed by atoms with Gasteiger partial charge in [0.15, 0.2) is 10.2 Å². The van der Waals surface area contributed by atoms with Gasteiger partial charge in [0.05, 0.1) is 19.1 Å². The van der Waals surface area contributed by atoms with Crippen LogP contribution in [0.25, 0.3) is 17.3 Å². The molecule has 2 N–H and O–H groups in total. The van der Waals surface area contributed by atoms with Crippen LogP contribution < -0.4 is 15.4 Å². The van der Waals surface area contributed by atoms with Gasteiger partial charge in [-0.1, -0.05) is 0 Å². The van der Waals surface area contributed by atoms with E-state index in [4.69, 9.17) is 21.4 Å². The van der Waals surface area contributed by atoms with Crippen molar-refractivity contribution in [2.24, 2.45) is 0 Å². The van der Waals surface area contributed by atoms with Gasteiger partial charge in [-0.05, 0) is 54.7 Å². The van der Waals surface area contributed by atoms with Crippen LogP contribution in [0.3, 0.4) is 0 Å². The molecule has 0 spiro atoms. The van der Waals surface area contributed by atoms with Crippen molar-refractivity contribution in [1.82, 2.24) is 10.3 Å². The molecule has 6 nitrogen and oxygen atoms in total. The van der Waals surface area contributed by atoms with Gasteiger partial charge in [0.1, 0.15) is 11.5 Å². The number of aromatic nitrogens is 1. The summed E-state index contributed by atoms with van der Waals surface area (Å²) in [7, 11) is 1.62. The molecule has 0 bridgehead atoms. The van der Waals surface area contributed by atoms with Gasteiger partial charge in [0.2, 0.25) is 5.91 Å². The first kappa shape index (κ1) is 17.8. The number of carbonyl (C=O) groups excluding carboxylic acids is 1. The zero-order valence-corrected chi connectivity index (χ0v) is 15.4. The molecule has 3 aromatic rings. The summed E-state index contributed by atoms with van der Waals surface area (Å²) in [4.78, 5) is 16.3. The fraction of sp³-hybridized carbons (Fsp3) is 0.0556. The van der Waals surface area contributed by atoms with Crippen molar-refractivity contribution in [3.05, 3.63) is 59.9 Å². The van der Waals surface area contributed by atoms with Gasteiger partial charge in [0, 0.05) is 17.0 Å². The quantitative estimate of drug-likeness (QED) is 0.512. The zero-order chi connectivity index (χ0) is 18.4. The SMILES string of the molecule is COc1ccc(-c2csc(NC(=S)NC(=O)C=Cc3ccco3)n2)cc1. The number of rotatable bonds is 5. The highest BCUT2D eigenvalue weighted by molar-refractivity contribution is 7.80. The van der Waals surface area contributed by atoms with Crippen LogP contribution in [0.4, 0.5) is 5.13 Å². The first-order valence-corrected chi connectivity index (χ1v) is 8.86. The van der Waals surface area contributed by atoms with E-state index in [1.54, 1.807) is 25.3 Å². The predicted octanol–water partition coefficient (Wildman–Crippen LogP) is 3.94. The number of benzene rings is 1. The maximum Gasteiger partial charge on any atom is 0.250 e. The zero-order valence-electron chi connectivity index (χ0n) is 13.8. The number of hydrogen-bond donors (Lipinski definition) is 2. The van der Waals surface area contributed by atoms with Crippen molar-refractivity contribution in [3.63, 3.8) is 0 Å². The number of nitrogens with zero attached hydrogens (tertiary/aromatic N) is 1. The van der Waals surface area contributed by atoms with Crippen molar-refractivity contribution < 1.29 is 13.9 Å². The Balaban J connectivity index is 1.56. The van der Waals surface area contributed by atoms with Crippen molar-refractivity contribution >= 4 is 45.8 Å². The molecule has 2 aromatic heterocycles. The summed E-state index contributed by atoms with van der Waals surface area (Å²) in [5, 5.41) is 8.14.